The normalized spacial score (nSPS) is 55.1. The smallest absolute Gasteiger partial charge is 0.0839 e. The molecule has 3 aliphatic rings. The summed E-state index contributed by atoms with van der Waals surface area (Å²) < 4.78 is 6.65. The summed E-state index contributed by atoms with van der Waals surface area (Å²) in [6, 6.07) is 0. The number of aliphatic hydroxyl groups excluding tert-OH is 1. The Labute approximate surface area is 136 Å². The van der Waals surface area contributed by atoms with Gasteiger partial charge in [-0.1, -0.05) is 26.3 Å². The summed E-state index contributed by atoms with van der Waals surface area (Å²) in [7, 11) is 0. The molecule has 0 radical (unpaired) electrons. The van der Waals surface area contributed by atoms with Gasteiger partial charge in [0.05, 0.1) is 11.2 Å². The summed E-state index contributed by atoms with van der Waals surface area (Å²) in [6.07, 6.45) is 10.3. The highest BCUT2D eigenvalue weighted by atomic mass is 16.5. The van der Waals surface area contributed by atoms with Crippen molar-refractivity contribution in [1.82, 2.24) is 0 Å². The summed E-state index contributed by atoms with van der Waals surface area (Å²) in [5.41, 5.74) is 0.224. The number of hydrogen-bond acceptors (Lipinski definition) is 2. The van der Waals surface area contributed by atoms with Crippen molar-refractivity contribution in [2.24, 2.45) is 22.7 Å². The Morgan fingerprint density at radius 2 is 1.73 bits per heavy atom. The Morgan fingerprint density at radius 3 is 2.36 bits per heavy atom. The van der Waals surface area contributed by atoms with Gasteiger partial charge in [0.1, 0.15) is 0 Å². The molecule has 0 unspecified atom stereocenters. The molecule has 0 spiro atoms. The molecule has 0 amide bonds. The van der Waals surface area contributed by atoms with E-state index in [9.17, 15) is 5.11 Å². The van der Waals surface area contributed by atoms with Gasteiger partial charge >= 0.3 is 0 Å². The minimum atomic E-state index is -0.163. The second kappa shape index (κ2) is 5.08. The Morgan fingerprint density at radius 1 is 1.05 bits per heavy atom. The molecular weight excluding hydrogens is 272 g/mol. The first-order valence-corrected chi connectivity index (χ1v) is 9.16. The van der Waals surface area contributed by atoms with E-state index >= 15 is 0 Å². The predicted octanol–water partition coefficient (Wildman–Crippen LogP) is 4.72. The molecule has 1 heterocycles. The monoisotopic (exact) mass is 306 g/mol. The molecule has 3 rings (SSSR count). The fourth-order valence-corrected chi connectivity index (χ4v) is 6.52. The molecule has 126 valence electrons. The number of fused-ring (bicyclic) bond motifs is 3. The van der Waals surface area contributed by atoms with Gasteiger partial charge in [-0.2, -0.15) is 0 Å². The number of rotatable bonds is 2. The Kier molecular flexibility index (Phi) is 3.81. The molecule has 2 heteroatoms. The molecule has 2 nitrogen and oxygen atoms in total. The Balaban J connectivity index is 1.94. The van der Waals surface area contributed by atoms with E-state index in [-0.39, 0.29) is 16.6 Å². The van der Waals surface area contributed by atoms with Crippen LogP contribution in [0.2, 0.25) is 0 Å². The second-order valence-electron chi connectivity index (χ2n) is 9.29. The van der Waals surface area contributed by atoms with E-state index in [1.807, 2.05) is 6.08 Å². The van der Waals surface area contributed by atoms with Gasteiger partial charge in [-0.05, 0) is 75.0 Å². The van der Waals surface area contributed by atoms with Crippen molar-refractivity contribution in [3.8, 4) is 0 Å². The van der Waals surface area contributed by atoms with E-state index in [1.54, 1.807) is 0 Å². The highest BCUT2D eigenvalue weighted by Gasteiger charge is 2.61. The topological polar surface area (TPSA) is 29.5 Å². The van der Waals surface area contributed by atoms with Gasteiger partial charge in [0, 0.05) is 6.61 Å². The lowest BCUT2D eigenvalue weighted by Crippen LogP contribution is -2.63. The summed E-state index contributed by atoms with van der Waals surface area (Å²) in [6.45, 7) is 13.7. The van der Waals surface area contributed by atoms with E-state index in [1.165, 1.54) is 32.1 Å². The first kappa shape index (κ1) is 16.5. The summed E-state index contributed by atoms with van der Waals surface area (Å²) in [5, 5.41) is 10.0. The minimum absolute atomic E-state index is 0.0276. The maximum absolute atomic E-state index is 10.0. The average Bonchev–Trinajstić information content (AvgIpc) is 2.46. The summed E-state index contributed by atoms with van der Waals surface area (Å²) >= 11 is 0. The molecule has 2 saturated carbocycles. The Hall–Kier alpha value is -0.340. The molecule has 0 aromatic rings. The second-order valence-corrected chi connectivity index (χ2v) is 9.29. The van der Waals surface area contributed by atoms with Crippen LogP contribution >= 0.6 is 0 Å². The van der Waals surface area contributed by atoms with Crippen LogP contribution in [-0.4, -0.2) is 22.9 Å². The lowest BCUT2D eigenvalue weighted by atomic mass is 9.44. The molecule has 0 aromatic heterocycles. The minimum Gasteiger partial charge on any atom is -0.396 e. The predicted molar refractivity (Wildman–Crippen MR) is 90.7 cm³/mol. The molecular formula is C20H34O2. The van der Waals surface area contributed by atoms with E-state index < -0.39 is 0 Å². The van der Waals surface area contributed by atoms with Gasteiger partial charge < -0.3 is 9.84 Å². The fourth-order valence-electron chi connectivity index (χ4n) is 6.52. The molecule has 2 aliphatic carbocycles. The van der Waals surface area contributed by atoms with Gasteiger partial charge in [0.2, 0.25) is 0 Å². The van der Waals surface area contributed by atoms with Crippen LogP contribution in [0.5, 0.6) is 0 Å². The molecule has 3 fully saturated rings. The van der Waals surface area contributed by atoms with Crippen molar-refractivity contribution >= 4 is 0 Å². The maximum atomic E-state index is 10.0. The van der Waals surface area contributed by atoms with E-state index in [2.05, 4.69) is 34.3 Å². The van der Waals surface area contributed by atoms with Gasteiger partial charge in [-0.15, -0.1) is 6.58 Å². The maximum Gasteiger partial charge on any atom is 0.0839 e. The van der Waals surface area contributed by atoms with Crippen molar-refractivity contribution in [2.45, 2.75) is 83.8 Å². The third kappa shape index (κ3) is 2.21. The number of ether oxygens (including phenoxy) is 1. The van der Waals surface area contributed by atoms with Crippen LogP contribution < -0.4 is 0 Å². The van der Waals surface area contributed by atoms with Crippen molar-refractivity contribution in [3.05, 3.63) is 12.7 Å². The van der Waals surface area contributed by atoms with Crippen molar-refractivity contribution in [3.63, 3.8) is 0 Å². The molecule has 1 aliphatic heterocycles. The molecule has 1 N–H and O–H groups in total. The molecule has 6 atom stereocenters. The SMILES string of the molecule is C=C[C@]1(C)CC[C@@H]2[C@@]3(C)CCC[C@@](C)(CO)[C@@H]3CC[C@@]2(C)O1. The van der Waals surface area contributed by atoms with Crippen molar-refractivity contribution < 1.29 is 9.84 Å². The highest BCUT2D eigenvalue weighted by molar-refractivity contribution is 5.13. The van der Waals surface area contributed by atoms with Crippen LogP contribution in [-0.2, 0) is 4.74 Å². The molecule has 22 heavy (non-hydrogen) atoms. The van der Waals surface area contributed by atoms with Crippen LogP contribution in [0.4, 0.5) is 0 Å². The van der Waals surface area contributed by atoms with Crippen LogP contribution in [0.3, 0.4) is 0 Å². The van der Waals surface area contributed by atoms with Crippen molar-refractivity contribution in [2.75, 3.05) is 6.61 Å². The standard InChI is InChI=1S/C20H34O2/c1-6-18(3)12-8-16-19(4)11-7-10-17(2,14-21)15(19)9-13-20(16,5)22-18/h6,15-16,21H,1,7-14H2,2-5H3/t15-,16+,17-,18+,19-,20+/m0/s1. The number of hydrogen-bond donors (Lipinski definition) is 1. The van der Waals surface area contributed by atoms with Crippen molar-refractivity contribution in [1.29, 1.82) is 0 Å². The summed E-state index contributed by atoms with van der Waals surface area (Å²) in [5.74, 6) is 1.24. The van der Waals surface area contributed by atoms with Crippen LogP contribution in [0.15, 0.2) is 12.7 Å². The third-order valence-corrected chi connectivity index (χ3v) is 7.75. The quantitative estimate of drug-likeness (QED) is 0.748. The third-order valence-electron chi connectivity index (χ3n) is 7.75. The zero-order valence-corrected chi connectivity index (χ0v) is 15.0. The first-order valence-electron chi connectivity index (χ1n) is 9.16. The number of aliphatic hydroxyl groups is 1. The zero-order chi connectivity index (χ0) is 16.2. The first-order chi connectivity index (χ1) is 10.2. The van der Waals surface area contributed by atoms with Gasteiger partial charge in [-0.25, -0.2) is 0 Å². The zero-order valence-electron chi connectivity index (χ0n) is 15.0. The molecule has 0 aromatic carbocycles. The average molecular weight is 306 g/mol. The van der Waals surface area contributed by atoms with Crippen LogP contribution in [0, 0.1) is 22.7 Å². The van der Waals surface area contributed by atoms with Gasteiger partial charge in [-0.3, -0.25) is 0 Å². The van der Waals surface area contributed by atoms with Gasteiger partial charge in [0.25, 0.3) is 0 Å². The van der Waals surface area contributed by atoms with Crippen LogP contribution in [0.1, 0.15) is 72.6 Å². The van der Waals surface area contributed by atoms with E-state index in [0.717, 1.165) is 12.8 Å². The summed E-state index contributed by atoms with van der Waals surface area (Å²) in [4.78, 5) is 0. The highest BCUT2D eigenvalue weighted by Crippen LogP contribution is 2.65. The van der Waals surface area contributed by atoms with Gasteiger partial charge in [0.15, 0.2) is 0 Å². The molecule has 0 bridgehead atoms. The lowest BCUT2D eigenvalue weighted by molar-refractivity contribution is -0.256. The Bertz CT molecular complexity index is 461. The lowest BCUT2D eigenvalue weighted by Gasteiger charge is -2.65. The largest absolute Gasteiger partial charge is 0.396 e. The van der Waals surface area contributed by atoms with Crippen LogP contribution in [0.25, 0.3) is 0 Å². The van der Waals surface area contributed by atoms with E-state index in [4.69, 9.17) is 4.74 Å². The fraction of sp³-hybridized carbons (Fsp3) is 0.900. The molecule has 1 saturated heterocycles. The van der Waals surface area contributed by atoms with E-state index in [0.29, 0.717) is 23.9 Å².